The van der Waals surface area contributed by atoms with Gasteiger partial charge in [-0.3, -0.25) is 9.59 Å². The van der Waals surface area contributed by atoms with Crippen molar-refractivity contribution < 1.29 is 19.8 Å². The number of carboxylic acids is 1. The fourth-order valence-corrected chi connectivity index (χ4v) is 3.88. The van der Waals surface area contributed by atoms with Gasteiger partial charge in [0.1, 0.15) is 11.3 Å². The van der Waals surface area contributed by atoms with E-state index < -0.39 is 17.4 Å². The van der Waals surface area contributed by atoms with Gasteiger partial charge in [0, 0.05) is 17.6 Å². The van der Waals surface area contributed by atoms with E-state index in [1.165, 1.54) is 12.1 Å². The third kappa shape index (κ3) is 4.66. The first-order valence-electron chi connectivity index (χ1n) is 10.9. The van der Waals surface area contributed by atoms with Crippen LogP contribution in [0.3, 0.4) is 0 Å². The lowest BCUT2D eigenvalue weighted by Crippen LogP contribution is -2.30. The van der Waals surface area contributed by atoms with E-state index in [2.05, 4.69) is 12.2 Å². The molecule has 0 aliphatic heterocycles. The number of aromatic carboxylic acids is 1. The number of nitrogens with zero attached hydrogens (tertiary/aromatic N) is 1. The van der Waals surface area contributed by atoms with Gasteiger partial charge in [0.05, 0.1) is 11.1 Å². The molecule has 1 heterocycles. The number of nitrogens with one attached hydrogen (secondary N) is 1. The summed E-state index contributed by atoms with van der Waals surface area (Å²) in [5, 5.41) is 23.1. The van der Waals surface area contributed by atoms with Crippen LogP contribution in [-0.4, -0.2) is 26.7 Å². The predicted molar refractivity (Wildman–Crippen MR) is 125 cm³/mol. The van der Waals surface area contributed by atoms with Gasteiger partial charge >= 0.3 is 5.97 Å². The highest BCUT2D eigenvalue weighted by Gasteiger charge is 2.22. The predicted octanol–water partition coefficient (Wildman–Crippen LogP) is 4.80. The molecule has 0 aliphatic rings. The number of para-hydroxylation sites is 1. The van der Waals surface area contributed by atoms with Gasteiger partial charge in [-0.25, -0.2) is 4.79 Å². The molecule has 32 heavy (non-hydrogen) atoms. The molecule has 0 spiro atoms. The molecule has 7 heteroatoms. The van der Waals surface area contributed by atoms with E-state index in [0.29, 0.717) is 35.1 Å². The fourth-order valence-electron chi connectivity index (χ4n) is 3.88. The average Bonchev–Trinajstić information content (AvgIpc) is 2.78. The first-order valence-corrected chi connectivity index (χ1v) is 10.9. The van der Waals surface area contributed by atoms with Gasteiger partial charge in [0.15, 0.2) is 0 Å². The monoisotopic (exact) mass is 436 g/mol. The van der Waals surface area contributed by atoms with Crippen molar-refractivity contribution >= 4 is 28.5 Å². The van der Waals surface area contributed by atoms with Crippen molar-refractivity contribution in [3.8, 4) is 5.75 Å². The number of amides is 1. The molecule has 1 amide bonds. The van der Waals surface area contributed by atoms with E-state index >= 15 is 0 Å². The number of carboxylic acid groups (broad SMARTS) is 1. The molecule has 3 N–H and O–H groups in total. The van der Waals surface area contributed by atoms with Crippen molar-refractivity contribution in [1.29, 1.82) is 0 Å². The molecule has 2 aromatic carbocycles. The Balaban J connectivity index is 2.01. The van der Waals surface area contributed by atoms with Crippen LogP contribution in [0.15, 0.2) is 47.3 Å². The highest BCUT2D eigenvalue weighted by Crippen LogP contribution is 2.27. The van der Waals surface area contributed by atoms with Crippen LogP contribution in [0.4, 0.5) is 5.69 Å². The second-order valence-electron chi connectivity index (χ2n) is 7.74. The van der Waals surface area contributed by atoms with Crippen molar-refractivity contribution in [1.82, 2.24) is 4.57 Å². The van der Waals surface area contributed by atoms with Gasteiger partial charge < -0.3 is 20.1 Å². The summed E-state index contributed by atoms with van der Waals surface area (Å²) in [7, 11) is 0. The molecular weight excluding hydrogens is 408 g/mol. The topological polar surface area (TPSA) is 109 Å². The second kappa shape index (κ2) is 10.1. The van der Waals surface area contributed by atoms with Crippen LogP contribution in [0.2, 0.25) is 0 Å². The van der Waals surface area contributed by atoms with E-state index in [-0.39, 0.29) is 16.9 Å². The van der Waals surface area contributed by atoms with Crippen LogP contribution < -0.4 is 10.9 Å². The number of aromatic hydroxyl groups is 1. The number of aromatic nitrogens is 1. The van der Waals surface area contributed by atoms with Gasteiger partial charge in [-0.15, -0.1) is 0 Å². The normalized spacial score (nSPS) is 10.9. The Morgan fingerprint density at radius 3 is 2.47 bits per heavy atom. The summed E-state index contributed by atoms with van der Waals surface area (Å²) < 4.78 is 1.55. The molecule has 0 radical (unpaired) electrons. The molecular formula is C25H28N2O5. The number of anilines is 1. The number of benzene rings is 2. The zero-order valence-corrected chi connectivity index (χ0v) is 18.4. The maximum Gasteiger partial charge on any atom is 0.335 e. The Morgan fingerprint density at radius 2 is 1.78 bits per heavy atom. The van der Waals surface area contributed by atoms with Crippen LogP contribution in [0, 0.1) is 0 Å². The highest BCUT2D eigenvalue weighted by atomic mass is 16.4. The Morgan fingerprint density at radius 1 is 1.03 bits per heavy atom. The lowest BCUT2D eigenvalue weighted by molar-refractivity contribution is 0.0695. The zero-order valence-electron chi connectivity index (χ0n) is 18.4. The molecule has 168 valence electrons. The summed E-state index contributed by atoms with van der Waals surface area (Å²) in [6.45, 7) is 4.38. The van der Waals surface area contributed by atoms with Crippen molar-refractivity contribution in [2.75, 3.05) is 5.32 Å². The SMILES string of the molecule is CCCCCCn1c(=O)c(C(=O)Nc2ccc(C(=O)O)c(CC)c2)c(O)c2ccccc21. The quantitative estimate of drug-likeness (QED) is 0.418. The Labute approximate surface area is 186 Å². The highest BCUT2D eigenvalue weighted by molar-refractivity contribution is 6.09. The Bertz CT molecular complexity index is 1210. The maximum atomic E-state index is 13.2. The van der Waals surface area contributed by atoms with E-state index in [1.807, 2.05) is 6.92 Å². The molecule has 7 nitrogen and oxygen atoms in total. The number of carbonyl (C=O) groups is 2. The van der Waals surface area contributed by atoms with Crippen LogP contribution in [-0.2, 0) is 13.0 Å². The minimum absolute atomic E-state index is 0.161. The fraction of sp³-hybridized carbons (Fsp3) is 0.320. The molecule has 0 atom stereocenters. The second-order valence-corrected chi connectivity index (χ2v) is 7.74. The van der Waals surface area contributed by atoms with Crippen LogP contribution in [0.1, 0.15) is 65.8 Å². The molecule has 0 fully saturated rings. The van der Waals surface area contributed by atoms with Gasteiger partial charge in [-0.1, -0.05) is 45.2 Å². The third-order valence-electron chi connectivity index (χ3n) is 5.58. The van der Waals surface area contributed by atoms with E-state index in [4.69, 9.17) is 0 Å². The lowest BCUT2D eigenvalue weighted by atomic mass is 10.0. The third-order valence-corrected chi connectivity index (χ3v) is 5.58. The largest absolute Gasteiger partial charge is 0.506 e. The minimum atomic E-state index is -1.04. The first kappa shape index (κ1) is 23.1. The summed E-state index contributed by atoms with van der Waals surface area (Å²) in [6, 6.07) is 11.4. The van der Waals surface area contributed by atoms with Crippen molar-refractivity contribution in [3.63, 3.8) is 0 Å². The summed E-state index contributed by atoms with van der Waals surface area (Å²) in [4.78, 5) is 37.6. The number of aryl methyl sites for hydroxylation is 2. The summed E-state index contributed by atoms with van der Waals surface area (Å²) in [5.41, 5.74) is 0.799. The molecule has 3 aromatic rings. The standard InChI is InChI=1S/C25H28N2O5/c1-3-5-6-9-14-27-20-11-8-7-10-19(20)22(28)21(24(27)30)23(29)26-17-12-13-18(25(31)32)16(4-2)15-17/h7-8,10-13,15,28H,3-6,9,14H2,1-2H3,(H,26,29)(H,31,32). The van der Waals surface area contributed by atoms with Gasteiger partial charge in [0.25, 0.3) is 11.5 Å². The first-order chi connectivity index (χ1) is 15.4. The minimum Gasteiger partial charge on any atom is -0.506 e. The smallest absolute Gasteiger partial charge is 0.335 e. The molecule has 0 saturated carbocycles. The molecule has 0 saturated heterocycles. The van der Waals surface area contributed by atoms with E-state index in [0.717, 1.165) is 25.7 Å². The van der Waals surface area contributed by atoms with E-state index in [1.54, 1.807) is 34.9 Å². The van der Waals surface area contributed by atoms with Crippen molar-refractivity contribution in [2.24, 2.45) is 0 Å². The summed E-state index contributed by atoms with van der Waals surface area (Å²) in [6.07, 6.45) is 4.36. The van der Waals surface area contributed by atoms with Gasteiger partial charge in [0.2, 0.25) is 0 Å². The molecule has 0 aliphatic carbocycles. The van der Waals surface area contributed by atoms with Gasteiger partial charge in [-0.05, 0) is 48.7 Å². The number of rotatable bonds is 9. The number of fused-ring (bicyclic) bond motifs is 1. The maximum absolute atomic E-state index is 13.2. The molecule has 0 unspecified atom stereocenters. The molecule has 1 aromatic heterocycles. The van der Waals surface area contributed by atoms with Crippen LogP contribution in [0.5, 0.6) is 5.75 Å². The average molecular weight is 437 g/mol. The Kier molecular flexibility index (Phi) is 7.30. The van der Waals surface area contributed by atoms with Crippen molar-refractivity contribution in [2.45, 2.75) is 52.5 Å². The summed E-state index contributed by atoms with van der Waals surface area (Å²) in [5.74, 6) is -2.13. The van der Waals surface area contributed by atoms with Crippen LogP contribution in [0.25, 0.3) is 10.9 Å². The molecule has 3 rings (SSSR count). The number of unbranched alkanes of at least 4 members (excludes halogenated alkanes) is 3. The Hall–Kier alpha value is -3.61. The summed E-state index contributed by atoms with van der Waals surface area (Å²) >= 11 is 0. The van der Waals surface area contributed by atoms with Crippen molar-refractivity contribution in [3.05, 3.63) is 69.5 Å². The lowest BCUT2D eigenvalue weighted by Gasteiger charge is -2.15. The number of hydrogen-bond acceptors (Lipinski definition) is 4. The van der Waals surface area contributed by atoms with Crippen LogP contribution >= 0.6 is 0 Å². The number of pyridine rings is 1. The zero-order chi connectivity index (χ0) is 23.3. The molecule has 0 bridgehead atoms. The number of hydrogen-bond donors (Lipinski definition) is 3. The number of carbonyl (C=O) groups excluding carboxylic acids is 1. The van der Waals surface area contributed by atoms with Gasteiger partial charge in [-0.2, -0.15) is 0 Å². The van der Waals surface area contributed by atoms with E-state index in [9.17, 15) is 24.6 Å².